The molecule has 0 atom stereocenters. The number of nitrogens with zero attached hydrogens (tertiary/aromatic N) is 2. The summed E-state index contributed by atoms with van der Waals surface area (Å²) in [7, 11) is 1.73. The fourth-order valence-corrected chi connectivity index (χ4v) is 4.19. The molecule has 0 saturated carbocycles. The molecule has 2 amide bonds. The summed E-state index contributed by atoms with van der Waals surface area (Å²) in [5, 5.41) is 2.87. The van der Waals surface area contributed by atoms with Crippen molar-refractivity contribution in [2.24, 2.45) is 7.05 Å². The van der Waals surface area contributed by atoms with Crippen LogP contribution in [0.1, 0.15) is 28.8 Å². The van der Waals surface area contributed by atoms with Gasteiger partial charge in [0.25, 0.3) is 5.91 Å². The molecule has 0 bridgehead atoms. The number of likely N-dealkylation sites (tertiary alicyclic amines) is 1. The van der Waals surface area contributed by atoms with Gasteiger partial charge in [0.05, 0.1) is 10.2 Å². The number of aryl methyl sites for hydroxylation is 1. The van der Waals surface area contributed by atoms with Crippen LogP contribution in [-0.4, -0.2) is 27.8 Å². The number of amides is 2. The van der Waals surface area contributed by atoms with Gasteiger partial charge in [-0.1, -0.05) is 23.5 Å². The Morgan fingerprint density at radius 3 is 2.63 bits per heavy atom. The minimum absolute atomic E-state index is 0.0273. The third-order valence-corrected chi connectivity index (χ3v) is 5.81. The van der Waals surface area contributed by atoms with Crippen LogP contribution in [0.15, 0.2) is 47.3 Å². The van der Waals surface area contributed by atoms with Gasteiger partial charge in [-0.05, 0) is 42.3 Å². The van der Waals surface area contributed by atoms with Gasteiger partial charge >= 0.3 is 4.87 Å². The van der Waals surface area contributed by atoms with E-state index in [4.69, 9.17) is 0 Å². The quantitative estimate of drug-likeness (QED) is 0.755. The van der Waals surface area contributed by atoms with Crippen molar-refractivity contribution in [2.75, 3.05) is 11.9 Å². The Labute approximate surface area is 160 Å². The Balaban J connectivity index is 1.46. The molecule has 1 saturated heterocycles. The van der Waals surface area contributed by atoms with E-state index in [-0.39, 0.29) is 16.7 Å². The molecule has 138 valence electrons. The van der Waals surface area contributed by atoms with E-state index in [1.54, 1.807) is 29.8 Å². The summed E-state index contributed by atoms with van der Waals surface area (Å²) < 4.78 is 2.43. The normalized spacial score (nSPS) is 14.1. The summed E-state index contributed by atoms with van der Waals surface area (Å²) in [5.41, 5.74) is 3.06. The van der Waals surface area contributed by atoms with Crippen LogP contribution in [0.5, 0.6) is 0 Å². The zero-order chi connectivity index (χ0) is 19.0. The number of hydrogen-bond acceptors (Lipinski definition) is 4. The van der Waals surface area contributed by atoms with Crippen LogP contribution < -0.4 is 10.2 Å². The maximum Gasteiger partial charge on any atom is 0.307 e. The predicted molar refractivity (Wildman–Crippen MR) is 106 cm³/mol. The highest BCUT2D eigenvalue weighted by atomic mass is 32.1. The van der Waals surface area contributed by atoms with Gasteiger partial charge in [-0.25, -0.2) is 0 Å². The van der Waals surface area contributed by atoms with Crippen molar-refractivity contribution in [3.8, 4) is 0 Å². The highest BCUT2D eigenvalue weighted by molar-refractivity contribution is 7.16. The van der Waals surface area contributed by atoms with Crippen LogP contribution in [-0.2, 0) is 18.4 Å². The zero-order valence-electron chi connectivity index (χ0n) is 14.9. The summed E-state index contributed by atoms with van der Waals surface area (Å²) in [6.45, 7) is 1.39. The van der Waals surface area contributed by atoms with Gasteiger partial charge in [-0.15, -0.1) is 0 Å². The molecule has 1 aromatic heterocycles. The highest BCUT2D eigenvalue weighted by Gasteiger charge is 2.20. The van der Waals surface area contributed by atoms with Crippen LogP contribution >= 0.6 is 11.3 Å². The Hall–Kier alpha value is -2.93. The number of rotatable bonds is 4. The summed E-state index contributed by atoms with van der Waals surface area (Å²) in [6.07, 6.45) is 1.54. The number of fused-ring (bicyclic) bond motifs is 1. The molecule has 0 radical (unpaired) electrons. The minimum atomic E-state index is -0.207. The molecular weight excluding hydrogens is 362 g/mol. The fourth-order valence-electron chi connectivity index (χ4n) is 3.27. The first-order chi connectivity index (χ1) is 13.0. The van der Waals surface area contributed by atoms with Crippen molar-refractivity contribution in [3.63, 3.8) is 0 Å². The SMILES string of the molecule is Cn1c(=O)sc2cc(NC(=O)c3ccc(CN4CCCC4=O)cc3)ccc21. The summed E-state index contributed by atoms with van der Waals surface area (Å²) >= 11 is 1.16. The zero-order valence-corrected chi connectivity index (χ0v) is 15.7. The minimum Gasteiger partial charge on any atom is -0.338 e. The Morgan fingerprint density at radius 1 is 1.15 bits per heavy atom. The lowest BCUT2D eigenvalue weighted by Crippen LogP contribution is -2.23. The highest BCUT2D eigenvalue weighted by Crippen LogP contribution is 2.22. The fraction of sp³-hybridized carbons (Fsp3) is 0.250. The van der Waals surface area contributed by atoms with Crippen molar-refractivity contribution >= 4 is 39.1 Å². The molecule has 4 rings (SSSR count). The Morgan fingerprint density at radius 2 is 1.93 bits per heavy atom. The Bertz CT molecular complexity index is 1080. The average Bonchev–Trinajstić information content (AvgIpc) is 3.18. The van der Waals surface area contributed by atoms with Crippen LogP contribution in [0.3, 0.4) is 0 Å². The molecule has 2 aromatic carbocycles. The van der Waals surface area contributed by atoms with E-state index < -0.39 is 0 Å². The van der Waals surface area contributed by atoms with Crippen molar-refractivity contribution in [2.45, 2.75) is 19.4 Å². The van der Waals surface area contributed by atoms with Gasteiger partial charge in [0.2, 0.25) is 5.91 Å². The second-order valence-electron chi connectivity index (χ2n) is 6.68. The lowest BCUT2D eigenvalue weighted by molar-refractivity contribution is -0.128. The standard InChI is InChI=1S/C20H19N3O3S/c1-22-16-9-8-15(11-17(16)27-20(22)26)21-19(25)14-6-4-13(5-7-14)12-23-10-2-3-18(23)24/h4-9,11H,2-3,10,12H2,1H3,(H,21,25). The van der Waals surface area contributed by atoms with Crippen LogP contribution in [0.4, 0.5) is 5.69 Å². The van der Waals surface area contributed by atoms with Crippen molar-refractivity contribution in [3.05, 3.63) is 63.3 Å². The summed E-state index contributed by atoms with van der Waals surface area (Å²) in [5.74, 6) is -0.0168. The molecule has 1 fully saturated rings. The number of benzene rings is 2. The average molecular weight is 381 g/mol. The Kier molecular flexibility index (Phi) is 4.53. The van der Waals surface area contributed by atoms with Crippen molar-refractivity contribution in [1.82, 2.24) is 9.47 Å². The molecule has 0 unspecified atom stereocenters. The van der Waals surface area contributed by atoms with E-state index in [9.17, 15) is 14.4 Å². The van der Waals surface area contributed by atoms with Gasteiger partial charge in [0.15, 0.2) is 0 Å². The number of carbonyl (C=O) groups is 2. The monoisotopic (exact) mass is 381 g/mol. The topological polar surface area (TPSA) is 71.4 Å². The van der Waals surface area contributed by atoms with E-state index >= 15 is 0 Å². The molecular formula is C20H19N3O3S. The molecule has 0 spiro atoms. The molecule has 7 heteroatoms. The molecule has 2 heterocycles. The van der Waals surface area contributed by atoms with E-state index in [0.717, 1.165) is 40.1 Å². The molecule has 1 aliphatic heterocycles. The number of hydrogen-bond donors (Lipinski definition) is 1. The maximum absolute atomic E-state index is 12.5. The van der Waals surface area contributed by atoms with Crippen molar-refractivity contribution < 1.29 is 9.59 Å². The maximum atomic E-state index is 12.5. The van der Waals surface area contributed by atoms with Crippen molar-refractivity contribution in [1.29, 1.82) is 0 Å². The van der Waals surface area contributed by atoms with E-state index in [2.05, 4.69) is 5.32 Å². The van der Waals surface area contributed by atoms with Gasteiger partial charge in [0, 0.05) is 37.8 Å². The lowest BCUT2D eigenvalue weighted by Gasteiger charge is -2.15. The molecule has 6 nitrogen and oxygen atoms in total. The van der Waals surface area contributed by atoms with E-state index in [0.29, 0.717) is 24.2 Å². The first-order valence-electron chi connectivity index (χ1n) is 8.79. The second kappa shape index (κ2) is 7.00. The molecule has 1 N–H and O–H groups in total. The van der Waals surface area contributed by atoms with Gasteiger partial charge in [0.1, 0.15) is 0 Å². The third kappa shape index (κ3) is 3.50. The number of nitrogens with one attached hydrogen (secondary N) is 1. The number of anilines is 1. The van der Waals surface area contributed by atoms with E-state index in [1.165, 1.54) is 0 Å². The van der Waals surface area contributed by atoms with Crippen LogP contribution in [0, 0.1) is 0 Å². The summed E-state index contributed by atoms with van der Waals surface area (Å²) in [6, 6.07) is 12.7. The molecule has 3 aromatic rings. The summed E-state index contributed by atoms with van der Waals surface area (Å²) in [4.78, 5) is 37.8. The van der Waals surface area contributed by atoms with Gasteiger partial charge in [-0.3, -0.25) is 14.4 Å². The molecule has 1 aliphatic rings. The molecule has 27 heavy (non-hydrogen) atoms. The van der Waals surface area contributed by atoms with E-state index in [1.807, 2.05) is 29.2 Å². The third-order valence-electron chi connectivity index (χ3n) is 4.81. The smallest absolute Gasteiger partial charge is 0.307 e. The largest absolute Gasteiger partial charge is 0.338 e. The van der Waals surface area contributed by atoms with Crippen LogP contribution in [0.25, 0.3) is 10.2 Å². The second-order valence-corrected chi connectivity index (χ2v) is 7.67. The number of thiazole rings is 1. The van der Waals surface area contributed by atoms with Crippen LogP contribution in [0.2, 0.25) is 0 Å². The lowest BCUT2D eigenvalue weighted by atomic mass is 10.1. The van der Waals surface area contributed by atoms with Gasteiger partial charge in [-0.2, -0.15) is 0 Å². The first-order valence-corrected chi connectivity index (χ1v) is 9.60. The predicted octanol–water partition coefficient (Wildman–Crippen LogP) is 2.97. The molecule has 0 aliphatic carbocycles. The number of carbonyl (C=O) groups excluding carboxylic acids is 2. The van der Waals surface area contributed by atoms with Gasteiger partial charge < -0.3 is 14.8 Å². The first kappa shape index (κ1) is 17.5. The number of aromatic nitrogens is 1.